The molecule has 6 heteroatoms. The molecular formula is C12H13N5O. The summed E-state index contributed by atoms with van der Waals surface area (Å²) in [5, 5.41) is 10.6. The number of hydrazone groups is 1. The fraction of sp³-hybridized carbons (Fsp3) is 0.167. The lowest BCUT2D eigenvalue weighted by molar-refractivity contribution is 0.0950. The maximum absolute atomic E-state index is 11.7. The maximum atomic E-state index is 11.7. The first kappa shape index (κ1) is 12.0. The summed E-state index contributed by atoms with van der Waals surface area (Å²) in [6, 6.07) is 5.31. The standard InChI is InChI=1S/C12H13N5O/c1-8-7-11(16-14-8)12(18)17-15-9(2)10-3-5-13-6-4-10/h3-7H,1-2H3,(H,14,16)(H,17,18)/b15-9+. The molecule has 18 heavy (non-hydrogen) atoms. The minimum absolute atomic E-state index is 0.318. The third-order valence-electron chi connectivity index (χ3n) is 2.36. The Balaban J connectivity index is 2.05. The zero-order valence-corrected chi connectivity index (χ0v) is 10.1. The number of aromatic nitrogens is 3. The average molecular weight is 243 g/mol. The molecule has 0 saturated heterocycles. The molecule has 0 fully saturated rings. The van der Waals surface area contributed by atoms with Crippen molar-refractivity contribution in [2.24, 2.45) is 5.10 Å². The van der Waals surface area contributed by atoms with Crippen LogP contribution in [0.2, 0.25) is 0 Å². The summed E-state index contributed by atoms with van der Waals surface area (Å²) in [7, 11) is 0. The normalized spacial score (nSPS) is 11.3. The van der Waals surface area contributed by atoms with Gasteiger partial charge in [0.2, 0.25) is 0 Å². The maximum Gasteiger partial charge on any atom is 0.291 e. The first-order chi connectivity index (χ1) is 8.66. The largest absolute Gasteiger partial charge is 0.291 e. The number of aryl methyl sites for hydroxylation is 1. The molecule has 6 nitrogen and oxygen atoms in total. The van der Waals surface area contributed by atoms with Gasteiger partial charge in [-0.25, -0.2) is 5.43 Å². The lowest BCUT2D eigenvalue weighted by atomic mass is 10.2. The van der Waals surface area contributed by atoms with Crippen LogP contribution in [0.1, 0.15) is 28.7 Å². The number of carbonyl (C=O) groups excluding carboxylic acids is 1. The minimum atomic E-state index is -0.340. The van der Waals surface area contributed by atoms with Crippen molar-refractivity contribution in [3.05, 3.63) is 47.5 Å². The first-order valence-corrected chi connectivity index (χ1v) is 5.44. The number of carbonyl (C=O) groups is 1. The van der Waals surface area contributed by atoms with E-state index in [2.05, 4.69) is 25.7 Å². The second kappa shape index (κ2) is 5.22. The van der Waals surface area contributed by atoms with Crippen LogP contribution in [-0.2, 0) is 0 Å². The molecule has 2 heterocycles. The number of amides is 1. The third-order valence-corrected chi connectivity index (χ3v) is 2.36. The molecule has 2 aromatic rings. The summed E-state index contributed by atoms with van der Waals surface area (Å²) in [4.78, 5) is 15.6. The van der Waals surface area contributed by atoms with E-state index in [9.17, 15) is 4.79 Å². The molecule has 0 bridgehead atoms. The summed E-state index contributed by atoms with van der Waals surface area (Å²) >= 11 is 0. The molecular weight excluding hydrogens is 230 g/mol. The van der Waals surface area contributed by atoms with Crippen LogP contribution < -0.4 is 5.43 Å². The fourth-order valence-corrected chi connectivity index (χ4v) is 1.38. The number of nitrogens with one attached hydrogen (secondary N) is 2. The van der Waals surface area contributed by atoms with E-state index in [1.165, 1.54) is 0 Å². The first-order valence-electron chi connectivity index (χ1n) is 5.44. The Morgan fingerprint density at radius 1 is 1.39 bits per heavy atom. The van der Waals surface area contributed by atoms with Crippen molar-refractivity contribution in [2.45, 2.75) is 13.8 Å². The van der Waals surface area contributed by atoms with Gasteiger partial charge in [0.15, 0.2) is 5.69 Å². The molecule has 0 unspecified atom stereocenters. The highest BCUT2D eigenvalue weighted by molar-refractivity contribution is 6.00. The van der Waals surface area contributed by atoms with Gasteiger partial charge in [0, 0.05) is 23.7 Å². The molecule has 2 aromatic heterocycles. The van der Waals surface area contributed by atoms with Gasteiger partial charge in [-0.3, -0.25) is 14.9 Å². The van der Waals surface area contributed by atoms with E-state index in [0.29, 0.717) is 11.4 Å². The molecule has 2 N–H and O–H groups in total. The summed E-state index contributed by atoms with van der Waals surface area (Å²) in [6.07, 6.45) is 3.35. The smallest absolute Gasteiger partial charge is 0.282 e. The van der Waals surface area contributed by atoms with Crippen molar-refractivity contribution < 1.29 is 4.79 Å². The van der Waals surface area contributed by atoms with Gasteiger partial charge >= 0.3 is 0 Å². The van der Waals surface area contributed by atoms with Gasteiger partial charge in [-0.15, -0.1) is 0 Å². The number of rotatable bonds is 3. The SMILES string of the molecule is C/C(=N\NC(=O)c1cc(C)[nH]n1)c1ccncc1. The van der Waals surface area contributed by atoms with E-state index in [-0.39, 0.29) is 5.91 Å². The lowest BCUT2D eigenvalue weighted by Gasteiger charge is -2.00. The molecule has 0 atom stereocenters. The molecule has 0 radical (unpaired) electrons. The van der Waals surface area contributed by atoms with E-state index in [4.69, 9.17) is 0 Å². The van der Waals surface area contributed by atoms with E-state index >= 15 is 0 Å². The molecule has 0 aromatic carbocycles. The fourth-order valence-electron chi connectivity index (χ4n) is 1.38. The Bertz CT molecular complexity index is 573. The third kappa shape index (κ3) is 2.79. The van der Waals surface area contributed by atoms with E-state index in [1.54, 1.807) is 18.5 Å². The zero-order chi connectivity index (χ0) is 13.0. The number of nitrogens with zero attached hydrogens (tertiary/aromatic N) is 3. The van der Waals surface area contributed by atoms with Gasteiger partial charge in [0.1, 0.15) is 0 Å². The summed E-state index contributed by atoms with van der Waals surface area (Å²) in [5.41, 5.74) is 5.22. The van der Waals surface area contributed by atoms with Crippen molar-refractivity contribution in [1.82, 2.24) is 20.6 Å². The summed E-state index contributed by atoms with van der Waals surface area (Å²) in [5.74, 6) is -0.340. The van der Waals surface area contributed by atoms with E-state index in [1.807, 2.05) is 26.0 Å². The monoisotopic (exact) mass is 243 g/mol. The molecule has 0 spiro atoms. The molecule has 92 valence electrons. The second-order valence-corrected chi connectivity index (χ2v) is 3.81. The predicted molar refractivity (Wildman–Crippen MR) is 67.2 cm³/mol. The van der Waals surface area contributed by atoms with Crippen molar-refractivity contribution >= 4 is 11.6 Å². The van der Waals surface area contributed by atoms with Gasteiger partial charge in [-0.1, -0.05) is 0 Å². The van der Waals surface area contributed by atoms with Crippen molar-refractivity contribution in [3.8, 4) is 0 Å². The van der Waals surface area contributed by atoms with Crippen LogP contribution in [-0.4, -0.2) is 26.8 Å². The highest BCUT2D eigenvalue weighted by atomic mass is 16.2. The molecule has 0 aliphatic rings. The van der Waals surface area contributed by atoms with Crippen LogP contribution in [0.25, 0.3) is 0 Å². The van der Waals surface area contributed by atoms with E-state index in [0.717, 1.165) is 11.3 Å². The number of H-pyrrole nitrogens is 1. The van der Waals surface area contributed by atoms with Crippen LogP contribution in [0.15, 0.2) is 35.7 Å². The van der Waals surface area contributed by atoms with Gasteiger partial charge in [-0.05, 0) is 32.0 Å². The number of aromatic amines is 1. The topological polar surface area (TPSA) is 83.0 Å². The Labute approximate surface area is 104 Å². The number of hydrogen-bond donors (Lipinski definition) is 2. The van der Waals surface area contributed by atoms with E-state index < -0.39 is 0 Å². The van der Waals surface area contributed by atoms with Crippen LogP contribution in [0.5, 0.6) is 0 Å². The zero-order valence-electron chi connectivity index (χ0n) is 10.1. The molecule has 0 aliphatic carbocycles. The van der Waals surface area contributed by atoms with Gasteiger partial charge in [0.25, 0.3) is 5.91 Å². The van der Waals surface area contributed by atoms with Crippen LogP contribution in [0, 0.1) is 6.92 Å². The Hall–Kier alpha value is -2.50. The van der Waals surface area contributed by atoms with Gasteiger partial charge in [0.05, 0.1) is 5.71 Å². The summed E-state index contributed by atoms with van der Waals surface area (Å²) in [6.45, 7) is 3.64. The van der Waals surface area contributed by atoms with Crippen LogP contribution in [0.3, 0.4) is 0 Å². The van der Waals surface area contributed by atoms with Crippen LogP contribution >= 0.6 is 0 Å². The average Bonchev–Trinajstić information content (AvgIpc) is 2.83. The Morgan fingerprint density at radius 2 is 2.11 bits per heavy atom. The molecule has 0 aliphatic heterocycles. The highest BCUT2D eigenvalue weighted by Gasteiger charge is 2.08. The minimum Gasteiger partial charge on any atom is -0.282 e. The predicted octanol–water partition coefficient (Wildman–Crippen LogP) is 1.27. The Kier molecular flexibility index (Phi) is 3.47. The highest BCUT2D eigenvalue weighted by Crippen LogP contribution is 2.00. The van der Waals surface area contributed by atoms with Crippen LogP contribution in [0.4, 0.5) is 0 Å². The van der Waals surface area contributed by atoms with Crippen molar-refractivity contribution in [2.75, 3.05) is 0 Å². The van der Waals surface area contributed by atoms with Gasteiger partial charge < -0.3 is 0 Å². The molecule has 1 amide bonds. The molecule has 2 rings (SSSR count). The van der Waals surface area contributed by atoms with Gasteiger partial charge in [-0.2, -0.15) is 10.2 Å². The van der Waals surface area contributed by atoms with Crippen molar-refractivity contribution in [1.29, 1.82) is 0 Å². The number of hydrogen-bond acceptors (Lipinski definition) is 4. The summed E-state index contributed by atoms with van der Waals surface area (Å²) < 4.78 is 0. The lowest BCUT2D eigenvalue weighted by Crippen LogP contribution is -2.19. The Morgan fingerprint density at radius 3 is 2.72 bits per heavy atom. The molecule has 0 saturated carbocycles. The second-order valence-electron chi connectivity index (χ2n) is 3.81. The number of pyridine rings is 1. The van der Waals surface area contributed by atoms with Crippen molar-refractivity contribution in [3.63, 3.8) is 0 Å². The quantitative estimate of drug-likeness (QED) is 0.629.